The van der Waals surface area contributed by atoms with E-state index in [-0.39, 0.29) is 0 Å². The number of rotatable bonds is 6. The van der Waals surface area contributed by atoms with Crippen LogP contribution in [0.15, 0.2) is 24.3 Å². The molecule has 0 N–H and O–H groups in total. The summed E-state index contributed by atoms with van der Waals surface area (Å²) in [6, 6.07) is 8.07. The molecule has 0 amide bonds. The molecule has 1 aromatic carbocycles. The van der Waals surface area contributed by atoms with Gasteiger partial charge in [-0.1, -0.05) is 18.2 Å². The third kappa shape index (κ3) is 3.57. The van der Waals surface area contributed by atoms with Crippen LogP contribution in [-0.4, -0.2) is 39.9 Å². The maximum absolute atomic E-state index is 5.80. The minimum absolute atomic E-state index is 0.665. The van der Waals surface area contributed by atoms with E-state index in [1.807, 2.05) is 36.7 Å². The molecule has 0 atom stereocenters. The van der Waals surface area contributed by atoms with Crippen LogP contribution in [-0.2, 0) is 13.6 Å². The SMILES string of the molecule is Cc1ccccc1OCCN(C)Cc1nnc(C)n1C. The number of hydrogen-bond acceptors (Lipinski definition) is 4. The molecule has 2 rings (SSSR count). The van der Waals surface area contributed by atoms with Crippen LogP contribution in [0.2, 0.25) is 0 Å². The third-order valence-corrected chi connectivity index (χ3v) is 3.42. The highest BCUT2D eigenvalue weighted by Gasteiger charge is 2.08. The molecule has 0 aliphatic rings. The molecule has 2 aromatic rings. The Labute approximate surface area is 120 Å². The number of para-hydroxylation sites is 1. The van der Waals surface area contributed by atoms with Gasteiger partial charge >= 0.3 is 0 Å². The molecular formula is C15H22N4O. The monoisotopic (exact) mass is 274 g/mol. The van der Waals surface area contributed by atoms with Gasteiger partial charge in [-0.3, -0.25) is 4.90 Å². The highest BCUT2D eigenvalue weighted by molar-refractivity contribution is 5.31. The molecule has 20 heavy (non-hydrogen) atoms. The highest BCUT2D eigenvalue weighted by atomic mass is 16.5. The molecule has 0 unspecified atom stereocenters. The fourth-order valence-electron chi connectivity index (χ4n) is 1.94. The van der Waals surface area contributed by atoms with E-state index in [2.05, 4.69) is 35.1 Å². The topological polar surface area (TPSA) is 43.2 Å². The summed E-state index contributed by atoms with van der Waals surface area (Å²) in [6.07, 6.45) is 0. The summed E-state index contributed by atoms with van der Waals surface area (Å²) in [5, 5.41) is 8.23. The molecule has 5 nitrogen and oxygen atoms in total. The smallest absolute Gasteiger partial charge is 0.146 e. The Morgan fingerprint density at radius 1 is 1.20 bits per heavy atom. The number of benzene rings is 1. The summed E-state index contributed by atoms with van der Waals surface area (Å²) in [6.45, 7) is 6.30. The first-order chi connectivity index (χ1) is 9.58. The van der Waals surface area contributed by atoms with E-state index in [4.69, 9.17) is 4.74 Å². The van der Waals surface area contributed by atoms with Gasteiger partial charge in [0.05, 0.1) is 6.54 Å². The predicted molar refractivity (Wildman–Crippen MR) is 78.7 cm³/mol. The quantitative estimate of drug-likeness (QED) is 0.807. The molecule has 1 aromatic heterocycles. The molecule has 0 saturated carbocycles. The second kappa shape index (κ2) is 6.52. The third-order valence-electron chi connectivity index (χ3n) is 3.42. The van der Waals surface area contributed by atoms with Crippen molar-refractivity contribution in [2.45, 2.75) is 20.4 Å². The number of likely N-dealkylation sites (N-methyl/N-ethyl adjacent to an activating group) is 1. The van der Waals surface area contributed by atoms with Crippen LogP contribution in [0, 0.1) is 13.8 Å². The lowest BCUT2D eigenvalue weighted by Crippen LogP contribution is -2.25. The predicted octanol–water partition coefficient (Wildman–Crippen LogP) is 1.94. The van der Waals surface area contributed by atoms with E-state index in [0.717, 1.165) is 30.5 Å². The first-order valence-electron chi connectivity index (χ1n) is 6.80. The lowest BCUT2D eigenvalue weighted by Gasteiger charge is -2.17. The van der Waals surface area contributed by atoms with Crippen molar-refractivity contribution < 1.29 is 4.74 Å². The fourth-order valence-corrected chi connectivity index (χ4v) is 1.94. The van der Waals surface area contributed by atoms with E-state index >= 15 is 0 Å². The molecule has 108 valence electrons. The lowest BCUT2D eigenvalue weighted by atomic mass is 10.2. The zero-order valence-corrected chi connectivity index (χ0v) is 12.6. The van der Waals surface area contributed by atoms with Crippen LogP contribution in [0.25, 0.3) is 0 Å². The molecule has 0 aliphatic carbocycles. The Hall–Kier alpha value is -1.88. The standard InChI is InChI=1S/C15H22N4O/c1-12-7-5-6-8-14(12)20-10-9-18(3)11-15-17-16-13(2)19(15)4/h5-8H,9-11H2,1-4H3. The Morgan fingerprint density at radius 3 is 2.60 bits per heavy atom. The first kappa shape index (κ1) is 14.5. The number of ether oxygens (including phenoxy) is 1. The summed E-state index contributed by atoms with van der Waals surface area (Å²) in [5.74, 6) is 2.86. The normalized spacial score (nSPS) is 11.1. The Kier molecular flexibility index (Phi) is 4.74. The molecule has 0 fully saturated rings. The van der Waals surface area contributed by atoms with Gasteiger partial charge in [-0.05, 0) is 32.5 Å². The Morgan fingerprint density at radius 2 is 1.95 bits per heavy atom. The van der Waals surface area contributed by atoms with Gasteiger partial charge in [-0.15, -0.1) is 10.2 Å². The largest absolute Gasteiger partial charge is 0.492 e. The van der Waals surface area contributed by atoms with Crippen molar-refractivity contribution in [1.82, 2.24) is 19.7 Å². The van der Waals surface area contributed by atoms with Crippen LogP contribution in [0.5, 0.6) is 5.75 Å². The number of hydrogen-bond donors (Lipinski definition) is 0. The summed E-state index contributed by atoms with van der Waals surface area (Å²) in [5.41, 5.74) is 1.17. The highest BCUT2D eigenvalue weighted by Crippen LogP contribution is 2.15. The zero-order chi connectivity index (χ0) is 14.5. The van der Waals surface area contributed by atoms with Gasteiger partial charge < -0.3 is 9.30 Å². The second-order valence-electron chi connectivity index (χ2n) is 5.07. The summed E-state index contributed by atoms with van der Waals surface area (Å²) >= 11 is 0. The van der Waals surface area contributed by atoms with Crippen molar-refractivity contribution >= 4 is 0 Å². The van der Waals surface area contributed by atoms with Crippen LogP contribution in [0.3, 0.4) is 0 Å². The average Bonchev–Trinajstić information content (AvgIpc) is 2.73. The van der Waals surface area contributed by atoms with Gasteiger partial charge in [0.15, 0.2) is 0 Å². The van der Waals surface area contributed by atoms with Crippen molar-refractivity contribution in [1.29, 1.82) is 0 Å². The summed E-state index contributed by atoms with van der Waals surface area (Å²) in [4.78, 5) is 2.18. The number of aryl methyl sites for hydroxylation is 2. The lowest BCUT2D eigenvalue weighted by molar-refractivity contribution is 0.227. The second-order valence-corrected chi connectivity index (χ2v) is 5.07. The molecule has 5 heteroatoms. The maximum atomic E-state index is 5.80. The van der Waals surface area contributed by atoms with Crippen molar-refractivity contribution in [3.05, 3.63) is 41.5 Å². The van der Waals surface area contributed by atoms with E-state index < -0.39 is 0 Å². The minimum Gasteiger partial charge on any atom is -0.492 e. The van der Waals surface area contributed by atoms with Gasteiger partial charge in [-0.25, -0.2) is 0 Å². The van der Waals surface area contributed by atoms with E-state index in [1.54, 1.807) is 0 Å². The first-order valence-corrected chi connectivity index (χ1v) is 6.80. The van der Waals surface area contributed by atoms with E-state index in [0.29, 0.717) is 6.61 Å². The average molecular weight is 274 g/mol. The van der Waals surface area contributed by atoms with Crippen molar-refractivity contribution in [3.63, 3.8) is 0 Å². The van der Waals surface area contributed by atoms with E-state index in [9.17, 15) is 0 Å². The van der Waals surface area contributed by atoms with Gasteiger partial charge in [0.25, 0.3) is 0 Å². The van der Waals surface area contributed by atoms with Crippen LogP contribution < -0.4 is 4.74 Å². The van der Waals surface area contributed by atoms with Crippen LogP contribution in [0.1, 0.15) is 17.2 Å². The Balaban J connectivity index is 1.80. The van der Waals surface area contributed by atoms with Crippen molar-refractivity contribution in [3.8, 4) is 5.75 Å². The molecule has 1 heterocycles. The van der Waals surface area contributed by atoms with Gasteiger partial charge in [-0.2, -0.15) is 0 Å². The molecule has 0 spiro atoms. The fraction of sp³-hybridized carbons (Fsp3) is 0.467. The zero-order valence-electron chi connectivity index (χ0n) is 12.6. The minimum atomic E-state index is 0.665. The number of aromatic nitrogens is 3. The Bertz CT molecular complexity index is 565. The van der Waals surface area contributed by atoms with Crippen molar-refractivity contribution in [2.24, 2.45) is 7.05 Å². The van der Waals surface area contributed by atoms with E-state index in [1.165, 1.54) is 5.56 Å². The molecule has 0 radical (unpaired) electrons. The molecular weight excluding hydrogens is 252 g/mol. The van der Waals surface area contributed by atoms with Gasteiger partial charge in [0.1, 0.15) is 24.0 Å². The molecule has 0 bridgehead atoms. The molecule has 0 saturated heterocycles. The van der Waals surface area contributed by atoms with Crippen LogP contribution in [0.4, 0.5) is 0 Å². The van der Waals surface area contributed by atoms with Gasteiger partial charge in [0.2, 0.25) is 0 Å². The van der Waals surface area contributed by atoms with Crippen molar-refractivity contribution in [2.75, 3.05) is 20.2 Å². The summed E-state index contributed by atoms with van der Waals surface area (Å²) in [7, 11) is 4.05. The summed E-state index contributed by atoms with van der Waals surface area (Å²) < 4.78 is 7.81. The molecule has 0 aliphatic heterocycles. The van der Waals surface area contributed by atoms with Crippen LogP contribution >= 0.6 is 0 Å². The maximum Gasteiger partial charge on any atom is 0.146 e. The number of nitrogens with zero attached hydrogens (tertiary/aromatic N) is 4. The van der Waals surface area contributed by atoms with Gasteiger partial charge in [0, 0.05) is 13.6 Å².